The summed E-state index contributed by atoms with van der Waals surface area (Å²) >= 11 is 21.6. The number of benzene rings is 2. The lowest BCUT2D eigenvalue weighted by molar-refractivity contribution is 0.282. The maximum Gasteiger partial charge on any atom is 0.162 e. The lowest BCUT2D eigenvalue weighted by atomic mass is 9.99. The molecule has 0 bridgehead atoms. The Labute approximate surface area is 190 Å². The molecular weight excluding hydrogens is 481 g/mol. The molecule has 0 atom stereocenters. The maximum atomic E-state index is 6.24. The Bertz CT molecular complexity index is 870. The molecule has 0 N–H and O–H groups in total. The SMILES string of the molecule is COc1cc(C(=S)N2CCC(C)CC2)c(Br)cc1OCc1ccc(Cl)cc1Cl. The zero-order valence-corrected chi connectivity index (χ0v) is 19.7. The summed E-state index contributed by atoms with van der Waals surface area (Å²) in [7, 11) is 1.63. The number of nitrogens with zero attached hydrogens (tertiary/aromatic N) is 1. The second kappa shape index (κ2) is 9.66. The summed E-state index contributed by atoms with van der Waals surface area (Å²) in [6, 6.07) is 9.18. The van der Waals surface area contributed by atoms with Crippen LogP contribution in [0.4, 0.5) is 0 Å². The summed E-state index contributed by atoms with van der Waals surface area (Å²) in [5, 5.41) is 1.17. The number of ether oxygens (including phenoxy) is 2. The Balaban J connectivity index is 1.78. The number of likely N-dealkylation sites (tertiary alicyclic amines) is 1. The van der Waals surface area contributed by atoms with Crippen LogP contribution in [-0.2, 0) is 6.61 Å². The summed E-state index contributed by atoms with van der Waals surface area (Å²) in [5.74, 6) is 2.02. The van der Waals surface area contributed by atoms with Gasteiger partial charge >= 0.3 is 0 Å². The van der Waals surface area contributed by atoms with Gasteiger partial charge in [-0.1, -0.05) is 48.4 Å². The number of halogens is 3. The third kappa shape index (κ3) is 5.12. The molecule has 0 saturated carbocycles. The fourth-order valence-corrected chi connectivity index (χ4v) is 4.60. The van der Waals surface area contributed by atoms with Gasteiger partial charge in [0.15, 0.2) is 11.5 Å². The lowest BCUT2D eigenvalue weighted by Crippen LogP contribution is -2.37. The van der Waals surface area contributed by atoms with E-state index >= 15 is 0 Å². The highest BCUT2D eigenvalue weighted by Gasteiger charge is 2.22. The van der Waals surface area contributed by atoms with Gasteiger partial charge in [-0.25, -0.2) is 0 Å². The summed E-state index contributed by atoms with van der Waals surface area (Å²) in [5.41, 5.74) is 1.80. The second-order valence-electron chi connectivity index (χ2n) is 6.98. The molecule has 0 spiro atoms. The maximum absolute atomic E-state index is 6.24. The van der Waals surface area contributed by atoms with Gasteiger partial charge in [0.2, 0.25) is 0 Å². The minimum atomic E-state index is 0.312. The van der Waals surface area contributed by atoms with Crippen LogP contribution in [0, 0.1) is 5.92 Å². The predicted molar refractivity (Wildman–Crippen MR) is 123 cm³/mol. The molecule has 1 saturated heterocycles. The smallest absolute Gasteiger partial charge is 0.162 e. The van der Waals surface area contributed by atoms with E-state index in [4.69, 9.17) is 44.9 Å². The van der Waals surface area contributed by atoms with Crippen molar-refractivity contribution in [1.82, 2.24) is 4.90 Å². The molecule has 0 aliphatic carbocycles. The van der Waals surface area contributed by atoms with Gasteiger partial charge in [-0.3, -0.25) is 0 Å². The van der Waals surface area contributed by atoms with E-state index in [2.05, 4.69) is 27.8 Å². The Hall–Kier alpha value is -1.01. The van der Waals surface area contributed by atoms with Crippen molar-refractivity contribution in [3.05, 3.63) is 56.0 Å². The van der Waals surface area contributed by atoms with Crippen LogP contribution in [0.25, 0.3) is 0 Å². The molecule has 2 aromatic carbocycles. The van der Waals surface area contributed by atoms with E-state index in [0.717, 1.165) is 52.4 Å². The third-order valence-electron chi connectivity index (χ3n) is 4.95. The van der Waals surface area contributed by atoms with Gasteiger partial charge in [-0.2, -0.15) is 0 Å². The van der Waals surface area contributed by atoms with E-state index in [1.807, 2.05) is 18.2 Å². The molecular formula is C21H22BrCl2NO2S. The molecule has 3 nitrogen and oxygen atoms in total. The average molecular weight is 503 g/mol. The monoisotopic (exact) mass is 501 g/mol. The standard InChI is InChI=1S/C21H22BrCl2NO2S/c1-13-5-7-25(8-6-13)21(28)16-10-19(26-2)20(11-17(16)22)27-12-14-3-4-15(23)9-18(14)24/h3-4,9-11,13H,5-8,12H2,1-2H3. The number of methoxy groups -OCH3 is 1. The fourth-order valence-electron chi connectivity index (χ4n) is 3.15. The molecule has 0 amide bonds. The normalized spacial score (nSPS) is 14.8. The van der Waals surface area contributed by atoms with Gasteiger partial charge in [0.25, 0.3) is 0 Å². The molecule has 7 heteroatoms. The van der Waals surface area contributed by atoms with E-state index in [0.29, 0.717) is 28.2 Å². The average Bonchev–Trinajstić information content (AvgIpc) is 2.67. The summed E-state index contributed by atoms with van der Waals surface area (Å²) in [4.78, 5) is 3.10. The first-order chi connectivity index (χ1) is 13.4. The molecule has 1 fully saturated rings. The van der Waals surface area contributed by atoms with Crippen molar-refractivity contribution in [2.45, 2.75) is 26.4 Å². The van der Waals surface area contributed by atoms with Gasteiger partial charge in [-0.15, -0.1) is 0 Å². The molecule has 0 radical (unpaired) electrons. The predicted octanol–water partition coefficient (Wildman–Crippen LogP) is 6.75. The zero-order valence-electron chi connectivity index (χ0n) is 15.8. The van der Waals surface area contributed by atoms with Crippen LogP contribution >= 0.6 is 51.3 Å². The molecule has 150 valence electrons. The van der Waals surface area contributed by atoms with Crippen molar-refractivity contribution in [3.8, 4) is 11.5 Å². The summed E-state index contributed by atoms with van der Waals surface area (Å²) in [6.45, 7) is 4.58. The Morgan fingerprint density at radius 1 is 1.18 bits per heavy atom. The number of hydrogen-bond acceptors (Lipinski definition) is 3. The zero-order chi connectivity index (χ0) is 20.3. The van der Waals surface area contributed by atoms with Gasteiger partial charge in [-0.05, 0) is 59.0 Å². The van der Waals surface area contributed by atoms with E-state index in [1.165, 1.54) is 0 Å². The Morgan fingerprint density at radius 2 is 1.89 bits per heavy atom. The van der Waals surface area contributed by atoms with Gasteiger partial charge < -0.3 is 14.4 Å². The minimum absolute atomic E-state index is 0.312. The van der Waals surface area contributed by atoms with E-state index in [-0.39, 0.29) is 0 Å². The van der Waals surface area contributed by atoms with Crippen molar-refractivity contribution in [2.75, 3.05) is 20.2 Å². The number of hydrogen-bond donors (Lipinski definition) is 0. The van der Waals surface area contributed by atoms with Gasteiger partial charge in [0.05, 0.1) is 7.11 Å². The van der Waals surface area contributed by atoms with Crippen LogP contribution in [0.1, 0.15) is 30.9 Å². The molecule has 28 heavy (non-hydrogen) atoms. The van der Waals surface area contributed by atoms with Gasteiger partial charge in [0, 0.05) is 38.7 Å². The van der Waals surface area contributed by atoms with E-state index < -0.39 is 0 Å². The molecule has 1 heterocycles. The van der Waals surface area contributed by atoms with Crippen LogP contribution in [0.5, 0.6) is 11.5 Å². The lowest BCUT2D eigenvalue weighted by Gasteiger charge is -2.32. The van der Waals surface area contributed by atoms with E-state index in [1.54, 1.807) is 19.2 Å². The van der Waals surface area contributed by atoms with Crippen molar-refractivity contribution in [2.24, 2.45) is 5.92 Å². The van der Waals surface area contributed by atoms with Gasteiger partial charge in [0.1, 0.15) is 11.6 Å². The molecule has 2 aromatic rings. The van der Waals surface area contributed by atoms with Crippen molar-refractivity contribution in [1.29, 1.82) is 0 Å². The first-order valence-corrected chi connectivity index (χ1v) is 11.1. The molecule has 1 aliphatic heterocycles. The topological polar surface area (TPSA) is 21.7 Å². The number of piperidine rings is 1. The highest BCUT2D eigenvalue weighted by molar-refractivity contribution is 9.10. The molecule has 3 rings (SSSR count). The largest absolute Gasteiger partial charge is 0.493 e. The second-order valence-corrected chi connectivity index (χ2v) is 9.07. The third-order valence-corrected chi connectivity index (χ3v) is 6.67. The highest BCUT2D eigenvalue weighted by Crippen LogP contribution is 2.36. The van der Waals surface area contributed by atoms with Crippen molar-refractivity contribution < 1.29 is 9.47 Å². The first kappa shape index (κ1) is 21.7. The van der Waals surface area contributed by atoms with E-state index in [9.17, 15) is 0 Å². The van der Waals surface area contributed by atoms with Crippen LogP contribution in [0.2, 0.25) is 10.0 Å². The number of thiocarbonyl (C=S) groups is 1. The van der Waals surface area contributed by atoms with Crippen LogP contribution < -0.4 is 9.47 Å². The van der Waals surface area contributed by atoms with Crippen molar-refractivity contribution in [3.63, 3.8) is 0 Å². The summed E-state index contributed by atoms with van der Waals surface area (Å²) in [6.07, 6.45) is 2.33. The van der Waals surface area contributed by atoms with Crippen LogP contribution in [-0.4, -0.2) is 30.1 Å². The minimum Gasteiger partial charge on any atom is -0.493 e. The van der Waals surface area contributed by atoms with Crippen LogP contribution in [0.15, 0.2) is 34.8 Å². The Morgan fingerprint density at radius 3 is 2.54 bits per heavy atom. The summed E-state index contributed by atoms with van der Waals surface area (Å²) < 4.78 is 12.4. The Kier molecular flexibility index (Phi) is 7.48. The molecule has 0 aromatic heterocycles. The molecule has 1 aliphatic rings. The fraction of sp³-hybridized carbons (Fsp3) is 0.381. The first-order valence-electron chi connectivity index (χ1n) is 9.12. The van der Waals surface area contributed by atoms with Crippen LogP contribution in [0.3, 0.4) is 0 Å². The highest BCUT2D eigenvalue weighted by atomic mass is 79.9. The van der Waals surface area contributed by atoms with Crippen molar-refractivity contribution >= 4 is 56.3 Å². The number of rotatable bonds is 5. The molecule has 0 unspecified atom stereocenters. The quantitative estimate of drug-likeness (QED) is 0.421.